The molecule has 0 aliphatic carbocycles. The topological polar surface area (TPSA) is 74.6 Å². The first-order chi connectivity index (χ1) is 11.5. The Kier molecular flexibility index (Phi) is 30.0. The van der Waals surface area contributed by atoms with E-state index in [0.717, 1.165) is 25.7 Å². The Labute approximate surface area is 165 Å². The number of rotatable bonds is 16. The molecule has 0 aliphatic heterocycles. The van der Waals surface area contributed by atoms with Crippen LogP contribution in [0.3, 0.4) is 0 Å². The summed E-state index contributed by atoms with van der Waals surface area (Å²) in [5.41, 5.74) is 0. The van der Waals surface area contributed by atoms with Crippen molar-refractivity contribution < 1.29 is 36.9 Å². The second kappa shape index (κ2) is 25.7. The molecule has 5 heteroatoms. The molecule has 0 rings (SSSR count). The van der Waals surface area contributed by atoms with Crippen molar-refractivity contribution in [2.24, 2.45) is 0 Å². The largest absolute Gasteiger partial charge is 0.481 e. The van der Waals surface area contributed by atoms with E-state index < -0.39 is 11.9 Å². The van der Waals surface area contributed by atoms with Gasteiger partial charge in [0.15, 0.2) is 0 Å². The number of hydrogen-bond acceptors (Lipinski definition) is 2. The Morgan fingerprint density at radius 1 is 0.520 bits per heavy atom. The van der Waals surface area contributed by atoms with Crippen LogP contribution in [-0.2, 0) is 26.7 Å². The van der Waals surface area contributed by atoms with Gasteiger partial charge in [-0.15, -0.1) is 0 Å². The van der Waals surface area contributed by atoms with Crippen molar-refractivity contribution in [1.82, 2.24) is 0 Å². The minimum absolute atomic E-state index is 0. The third kappa shape index (κ3) is 35.4. The van der Waals surface area contributed by atoms with E-state index in [1.54, 1.807) is 0 Å². The van der Waals surface area contributed by atoms with Gasteiger partial charge in [-0.3, -0.25) is 9.59 Å². The predicted molar refractivity (Wildman–Crippen MR) is 100 cm³/mol. The van der Waals surface area contributed by atoms with E-state index in [2.05, 4.69) is 13.8 Å². The summed E-state index contributed by atoms with van der Waals surface area (Å²) < 4.78 is 0. The Morgan fingerprint density at radius 2 is 0.760 bits per heavy atom. The number of aliphatic carboxylic acids is 2. The average molecular weight is 399 g/mol. The first-order valence-corrected chi connectivity index (χ1v) is 9.98. The van der Waals surface area contributed by atoms with Crippen molar-refractivity contribution in [2.75, 3.05) is 0 Å². The van der Waals surface area contributed by atoms with Gasteiger partial charge in [-0.25, -0.2) is 0 Å². The van der Waals surface area contributed by atoms with Crippen molar-refractivity contribution in [2.45, 2.75) is 117 Å². The molecule has 0 aromatic heterocycles. The van der Waals surface area contributed by atoms with Gasteiger partial charge in [0.05, 0.1) is 0 Å². The van der Waals surface area contributed by atoms with E-state index in [1.165, 1.54) is 64.2 Å². The Bertz CT molecular complexity index is 255. The number of carboxylic acid groups (broad SMARTS) is 2. The van der Waals surface area contributed by atoms with Gasteiger partial charge in [0.25, 0.3) is 0 Å². The molecule has 0 saturated heterocycles. The van der Waals surface area contributed by atoms with Crippen LogP contribution in [0.2, 0.25) is 0 Å². The van der Waals surface area contributed by atoms with Crippen molar-refractivity contribution in [3.8, 4) is 0 Å². The summed E-state index contributed by atoms with van der Waals surface area (Å²) in [6.07, 6.45) is 17.3. The van der Waals surface area contributed by atoms with Gasteiger partial charge in [-0.2, -0.15) is 0 Å². The second-order valence-corrected chi connectivity index (χ2v) is 6.53. The van der Waals surface area contributed by atoms with Crippen molar-refractivity contribution in [3.05, 3.63) is 0 Å². The zero-order chi connectivity index (χ0) is 18.5. The zero-order valence-electron chi connectivity index (χ0n) is 16.4. The molecule has 0 unspecified atom stereocenters. The first kappa shape index (κ1) is 29.2. The molecule has 0 atom stereocenters. The van der Waals surface area contributed by atoms with Crippen molar-refractivity contribution >= 4 is 11.9 Å². The molecule has 0 saturated carbocycles. The van der Waals surface area contributed by atoms with Gasteiger partial charge in [0, 0.05) is 29.9 Å². The third-order valence-corrected chi connectivity index (χ3v) is 3.99. The maximum Gasteiger partial charge on any atom is 0.303 e. The SMILES string of the molecule is CCCCCCCCCC(=O)O.CCCCCCCCCC(=O)O.[Mn]. The van der Waals surface area contributed by atoms with Gasteiger partial charge >= 0.3 is 11.9 Å². The van der Waals surface area contributed by atoms with Gasteiger partial charge in [-0.05, 0) is 12.8 Å². The average Bonchev–Trinajstić information content (AvgIpc) is 2.53. The van der Waals surface area contributed by atoms with Crippen LogP contribution in [0.15, 0.2) is 0 Å². The molecule has 0 fully saturated rings. The molecule has 151 valence electrons. The molecule has 1 radical (unpaired) electrons. The summed E-state index contributed by atoms with van der Waals surface area (Å²) in [6.45, 7) is 4.40. The minimum atomic E-state index is -0.663. The van der Waals surface area contributed by atoms with Crippen LogP contribution in [-0.4, -0.2) is 22.2 Å². The Hall–Kier alpha value is -0.541. The molecule has 0 amide bonds. The number of carbonyl (C=O) groups is 2. The summed E-state index contributed by atoms with van der Waals surface area (Å²) in [7, 11) is 0. The van der Waals surface area contributed by atoms with E-state index in [-0.39, 0.29) is 17.1 Å². The van der Waals surface area contributed by atoms with Crippen LogP contribution in [0, 0.1) is 0 Å². The second-order valence-electron chi connectivity index (χ2n) is 6.53. The molecule has 0 aromatic rings. The number of unbranched alkanes of at least 4 members (excludes halogenated alkanes) is 12. The smallest absolute Gasteiger partial charge is 0.303 e. The standard InChI is InChI=1S/2C10H20O2.Mn/c2*1-2-3-4-5-6-7-8-9-10(11)12;/h2*2-9H2,1H3,(H,11,12);. The summed E-state index contributed by atoms with van der Waals surface area (Å²) in [4.78, 5) is 20.3. The fourth-order valence-corrected chi connectivity index (χ4v) is 2.47. The van der Waals surface area contributed by atoms with E-state index in [1.807, 2.05) is 0 Å². The van der Waals surface area contributed by atoms with Crippen LogP contribution in [0.1, 0.15) is 117 Å². The van der Waals surface area contributed by atoms with Crippen molar-refractivity contribution in [3.63, 3.8) is 0 Å². The number of hydrogen-bond donors (Lipinski definition) is 2. The molecular weight excluding hydrogens is 359 g/mol. The fourth-order valence-electron chi connectivity index (χ4n) is 2.47. The fraction of sp³-hybridized carbons (Fsp3) is 0.900. The van der Waals surface area contributed by atoms with Gasteiger partial charge in [-0.1, -0.05) is 90.9 Å². The Morgan fingerprint density at radius 3 is 1.00 bits per heavy atom. The van der Waals surface area contributed by atoms with Crippen LogP contribution in [0.25, 0.3) is 0 Å². The monoisotopic (exact) mass is 399 g/mol. The molecule has 0 heterocycles. The molecule has 4 nitrogen and oxygen atoms in total. The molecule has 0 bridgehead atoms. The maximum absolute atomic E-state index is 10.1. The van der Waals surface area contributed by atoms with E-state index in [4.69, 9.17) is 10.2 Å². The summed E-state index contributed by atoms with van der Waals surface area (Å²) >= 11 is 0. The molecule has 25 heavy (non-hydrogen) atoms. The molecule has 0 spiro atoms. The van der Waals surface area contributed by atoms with Gasteiger partial charge in [0.2, 0.25) is 0 Å². The predicted octanol–water partition coefficient (Wildman–Crippen LogP) is 6.42. The minimum Gasteiger partial charge on any atom is -0.481 e. The van der Waals surface area contributed by atoms with E-state index in [0.29, 0.717) is 12.8 Å². The molecule has 0 aromatic carbocycles. The molecular formula is C20H40MnO4. The Balaban J connectivity index is -0.000000372. The maximum atomic E-state index is 10.1. The van der Waals surface area contributed by atoms with Crippen LogP contribution >= 0.6 is 0 Å². The quantitative estimate of drug-likeness (QED) is 0.232. The number of carboxylic acids is 2. The molecule has 2 N–H and O–H groups in total. The van der Waals surface area contributed by atoms with Gasteiger partial charge < -0.3 is 10.2 Å². The molecule has 0 aliphatic rings. The van der Waals surface area contributed by atoms with E-state index in [9.17, 15) is 9.59 Å². The normalized spacial score (nSPS) is 9.68. The zero-order valence-corrected chi connectivity index (χ0v) is 17.6. The van der Waals surface area contributed by atoms with Gasteiger partial charge in [0.1, 0.15) is 0 Å². The third-order valence-electron chi connectivity index (χ3n) is 3.99. The van der Waals surface area contributed by atoms with Crippen LogP contribution in [0.4, 0.5) is 0 Å². The van der Waals surface area contributed by atoms with Crippen molar-refractivity contribution in [1.29, 1.82) is 0 Å². The van der Waals surface area contributed by atoms with Crippen LogP contribution < -0.4 is 0 Å². The first-order valence-electron chi connectivity index (χ1n) is 9.98. The summed E-state index contributed by atoms with van der Waals surface area (Å²) in [6, 6.07) is 0. The van der Waals surface area contributed by atoms with Crippen LogP contribution in [0.5, 0.6) is 0 Å². The summed E-state index contributed by atoms with van der Waals surface area (Å²) in [5.74, 6) is -1.33. The summed E-state index contributed by atoms with van der Waals surface area (Å²) in [5, 5.41) is 16.7. The van der Waals surface area contributed by atoms with E-state index >= 15 is 0 Å².